The molecule has 0 saturated carbocycles. The van der Waals surface area contributed by atoms with E-state index in [1.165, 1.54) is 13.2 Å². The molecule has 4 nitrogen and oxygen atoms in total. The van der Waals surface area contributed by atoms with Crippen molar-refractivity contribution >= 4 is 24.7 Å². The molecule has 2 atom stereocenters. The maximum atomic E-state index is 11.4. The predicted octanol–water partition coefficient (Wildman–Crippen LogP) is 0.609. The molecule has 0 spiro atoms. The Labute approximate surface area is 94.9 Å². The monoisotopic (exact) mass is 256 g/mol. The molecule has 0 rings (SSSR count). The van der Waals surface area contributed by atoms with Crippen LogP contribution in [-0.2, 0) is 17.8 Å². The van der Waals surface area contributed by atoms with Crippen LogP contribution in [0.25, 0.3) is 0 Å². The molecule has 0 fully saturated rings. The van der Waals surface area contributed by atoms with Crippen LogP contribution in [-0.4, -0.2) is 51.2 Å². The van der Waals surface area contributed by atoms with Gasteiger partial charge in [0.1, 0.15) is 0 Å². The van der Waals surface area contributed by atoms with Gasteiger partial charge in [-0.05, 0) is 0 Å². The number of hydrogen-bond donors (Lipinski definition) is 0. The van der Waals surface area contributed by atoms with Crippen molar-refractivity contribution in [2.75, 3.05) is 14.2 Å². The van der Waals surface area contributed by atoms with Crippen LogP contribution in [0.15, 0.2) is 11.8 Å². The van der Waals surface area contributed by atoms with Crippen molar-refractivity contribution in [3.05, 3.63) is 11.8 Å². The van der Waals surface area contributed by atoms with Crippen LogP contribution in [0, 0.1) is 0 Å². The molecule has 0 heterocycles. The van der Waals surface area contributed by atoms with Crippen molar-refractivity contribution in [1.29, 1.82) is 0 Å². The third kappa shape index (κ3) is 4.32. The molecule has 0 aromatic rings. The van der Waals surface area contributed by atoms with Crippen LogP contribution in [0.4, 0.5) is 0 Å². The second kappa shape index (κ2) is 7.11. The van der Waals surface area contributed by atoms with Crippen molar-refractivity contribution < 1.29 is 17.8 Å². The number of carbonyl (C=O) groups is 1. The minimum atomic E-state index is -0.447. The van der Waals surface area contributed by atoms with E-state index in [1.807, 2.05) is 6.92 Å². The van der Waals surface area contributed by atoms with Crippen molar-refractivity contribution in [2.45, 2.75) is 26.1 Å². The normalized spacial score (nSPS) is 16.1. The Morgan fingerprint density at radius 2 is 1.71 bits per heavy atom. The van der Waals surface area contributed by atoms with Crippen LogP contribution >= 0.6 is 0 Å². The number of carbonyl (C=O) groups excluding carboxylic acids is 1. The second-order valence-corrected chi connectivity index (χ2v) is 3.32. The van der Waals surface area contributed by atoms with E-state index in [9.17, 15) is 4.79 Å². The predicted molar refractivity (Wildman–Crippen MR) is 52.9 cm³/mol. The van der Waals surface area contributed by atoms with E-state index >= 15 is 0 Å². The van der Waals surface area contributed by atoms with Gasteiger partial charge < -0.3 is 0 Å². The van der Waals surface area contributed by atoms with E-state index in [-0.39, 0.29) is 11.9 Å². The molecular weight excluding hydrogens is 242 g/mol. The topological polar surface area (TPSA) is 44.8 Å². The summed E-state index contributed by atoms with van der Waals surface area (Å²) >= 11 is 1.07. The summed E-state index contributed by atoms with van der Waals surface area (Å²) < 4.78 is 15.0. The van der Waals surface area contributed by atoms with Crippen molar-refractivity contribution in [3.63, 3.8) is 0 Å². The Morgan fingerprint density at radius 1 is 1.21 bits per heavy atom. The Kier molecular flexibility index (Phi) is 6.99. The average molecular weight is 257 g/mol. The number of ketones is 1. The molecular formula is C9H15GaO4. The number of hydrogen-bond acceptors (Lipinski definition) is 4. The van der Waals surface area contributed by atoms with Gasteiger partial charge in [-0.1, -0.05) is 0 Å². The molecule has 0 amide bonds. The molecule has 0 saturated heterocycles. The molecule has 0 N–H and O–H groups in total. The zero-order valence-corrected chi connectivity index (χ0v) is 11.4. The fraction of sp³-hybridized carbons (Fsp3) is 0.667. The summed E-state index contributed by atoms with van der Waals surface area (Å²) in [7, 11) is 3.06. The van der Waals surface area contributed by atoms with Crippen LogP contribution in [0.1, 0.15) is 13.8 Å². The quantitative estimate of drug-likeness (QED) is 0.397. The first-order valence-corrected chi connectivity index (χ1v) is 5.23. The van der Waals surface area contributed by atoms with E-state index in [0.29, 0.717) is 5.76 Å². The van der Waals surface area contributed by atoms with Crippen LogP contribution < -0.4 is 0 Å². The van der Waals surface area contributed by atoms with Gasteiger partial charge in [-0.3, -0.25) is 0 Å². The second-order valence-electron chi connectivity index (χ2n) is 2.82. The van der Waals surface area contributed by atoms with Crippen LogP contribution in [0.2, 0.25) is 0 Å². The standard InChI is InChI=1S/C9H16O4.Ga/c1-6(12-3)8(10)5-9(11)7(2)13-4;/h5-7,10H,1-4H3;/q;+1/p-1/b8-5-;. The van der Waals surface area contributed by atoms with E-state index in [2.05, 4.69) is 0 Å². The fourth-order valence-electron chi connectivity index (χ4n) is 0.737. The van der Waals surface area contributed by atoms with Crippen molar-refractivity contribution in [3.8, 4) is 0 Å². The summed E-state index contributed by atoms with van der Waals surface area (Å²) in [5.41, 5.74) is 0. The van der Waals surface area contributed by atoms with Crippen LogP contribution in [0.3, 0.4) is 0 Å². The number of rotatable bonds is 6. The van der Waals surface area contributed by atoms with E-state index in [4.69, 9.17) is 13.0 Å². The third-order valence-electron chi connectivity index (χ3n) is 1.93. The first kappa shape index (κ1) is 13.8. The molecule has 0 aliphatic carbocycles. The minimum absolute atomic E-state index is 0.121. The molecule has 14 heavy (non-hydrogen) atoms. The Bertz CT molecular complexity index is 215. The summed E-state index contributed by atoms with van der Waals surface area (Å²) in [6, 6.07) is 0. The van der Waals surface area contributed by atoms with Gasteiger partial charge in [0.15, 0.2) is 0 Å². The molecule has 2 unspecified atom stereocenters. The van der Waals surface area contributed by atoms with Gasteiger partial charge in [-0.15, -0.1) is 0 Å². The number of ether oxygens (including phenoxy) is 2. The number of methoxy groups -OCH3 is 2. The molecule has 0 aromatic carbocycles. The Balaban J connectivity index is 4.50. The van der Waals surface area contributed by atoms with E-state index < -0.39 is 6.10 Å². The molecule has 0 aliphatic rings. The van der Waals surface area contributed by atoms with Gasteiger partial charge in [-0.2, -0.15) is 0 Å². The van der Waals surface area contributed by atoms with Gasteiger partial charge in [0.25, 0.3) is 0 Å². The van der Waals surface area contributed by atoms with Gasteiger partial charge in [0.05, 0.1) is 0 Å². The summed E-state index contributed by atoms with van der Waals surface area (Å²) in [6.07, 6.45) is 0.760. The summed E-state index contributed by atoms with van der Waals surface area (Å²) in [6.45, 7) is 3.50. The fourth-order valence-corrected chi connectivity index (χ4v) is 1.28. The van der Waals surface area contributed by atoms with Gasteiger partial charge in [0.2, 0.25) is 0 Å². The maximum absolute atomic E-state index is 11.4. The summed E-state index contributed by atoms with van der Waals surface area (Å²) in [5.74, 6) is 0.408. The first-order valence-electron chi connectivity index (χ1n) is 4.24. The van der Waals surface area contributed by atoms with Gasteiger partial charge >= 0.3 is 94.7 Å². The third-order valence-corrected chi connectivity index (χ3v) is 2.50. The summed E-state index contributed by atoms with van der Waals surface area (Å²) in [5, 5.41) is 0. The van der Waals surface area contributed by atoms with E-state index in [0.717, 1.165) is 19.0 Å². The molecule has 0 aromatic heterocycles. The molecule has 0 aliphatic heterocycles. The molecule has 5 heteroatoms. The Morgan fingerprint density at radius 3 is 2.07 bits per heavy atom. The molecule has 0 bridgehead atoms. The van der Waals surface area contributed by atoms with E-state index in [1.54, 1.807) is 14.0 Å². The zero-order valence-electron chi connectivity index (χ0n) is 8.94. The van der Waals surface area contributed by atoms with Crippen molar-refractivity contribution in [2.24, 2.45) is 0 Å². The van der Waals surface area contributed by atoms with Crippen LogP contribution in [0.5, 0.6) is 0 Å². The van der Waals surface area contributed by atoms with Gasteiger partial charge in [-0.25, -0.2) is 0 Å². The zero-order chi connectivity index (χ0) is 11.1. The SMILES string of the molecule is COC(C)C(=O)/C=C(\[O][Ga])C(C)OC. The molecule has 2 radical (unpaired) electrons. The molecule has 78 valence electrons. The van der Waals surface area contributed by atoms with Crippen molar-refractivity contribution in [1.82, 2.24) is 0 Å². The van der Waals surface area contributed by atoms with Gasteiger partial charge in [0, 0.05) is 0 Å². The summed E-state index contributed by atoms with van der Waals surface area (Å²) in [4.78, 5) is 11.4. The average Bonchev–Trinajstić information content (AvgIpc) is 2.22. The Hall–Kier alpha value is -0.234. The first-order chi connectivity index (χ1) is 6.56.